The Hall–Kier alpha value is -1.22. The van der Waals surface area contributed by atoms with Gasteiger partial charge in [0.05, 0.1) is 10.7 Å². The second-order valence-corrected chi connectivity index (χ2v) is 6.26. The summed E-state index contributed by atoms with van der Waals surface area (Å²) < 4.78 is 0. The Morgan fingerprint density at radius 2 is 1.86 bits per heavy atom. The molecule has 0 heterocycles. The Balaban J connectivity index is 2.27. The van der Waals surface area contributed by atoms with Gasteiger partial charge >= 0.3 is 0 Å². The molecular weight excluding hydrogens is 303 g/mol. The zero-order valence-corrected chi connectivity index (χ0v) is 13.8. The highest BCUT2D eigenvalue weighted by Gasteiger charge is 2.13. The summed E-state index contributed by atoms with van der Waals surface area (Å²) >= 11 is 12.4. The molecule has 0 amide bonds. The van der Waals surface area contributed by atoms with Gasteiger partial charge in [0.1, 0.15) is 0 Å². The molecule has 0 aliphatic carbocycles. The topological polar surface area (TPSA) is 29.3 Å². The average molecular weight is 323 g/mol. The normalized spacial score (nSPS) is 12.2. The fraction of sp³-hybridized carbons (Fsp3) is 0.294. The molecule has 112 valence electrons. The molecule has 0 aliphatic rings. The van der Waals surface area contributed by atoms with E-state index in [-0.39, 0.29) is 6.04 Å². The first kappa shape index (κ1) is 16.2. The summed E-state index contributed by atoms with van der Waals surface area (Å²) in [5.74, 6) is 0. The Kier molecular flexibility index (Phi) is 5.51. The van der Waals surface area contributed by atoms with Gasteiger partial charge in [-0.1, -0.05) is 47.5 Å². The van der Waals surface area contributed by atoms with Gasteiger partial charge in [-0.2, -0.15) is 0 Å². The molecule has 0 bridgehead atoms. The summed E-state index contributed by atoms with van der Waals surface area (Å²) in [6.45, 7) is 2.75. The Morgan fingerprint density at radius 3 is 2.52 bits per heavy atom. The number of anilines is 1. The summed E-state index contributed by atoms with van der Waals surface area (Å²) in [6.07, 6.45) is 0.801. The molecule has 1 unspecified atom stereocenters. The minimum atomic E-state index is 0.0989. The lowest BCUT2D eigenvalue weighted by atomic mass is 10.0. The van der Waals surface area contributed by atoms with Crippen molar-refractivity contribution in [2.45, 2.75) is 25.9 Å². The van der Waals surface area contributed by atoms with E-state index in [0.29, 0.717) is 0 Å². The van der Waals surface area contributed by atoms with Crippen LogP contribution in [-0.2, 0) is 13.0 Å². The molecule has 0 saturated heterocycles. The summed E-state index contributed by atoms with van der Waals surface area (Å²) in [5.41, 5.74) is 9.29. The lowest BCUT2D eigenvalue weighted by molar-refractivity contribution is 0.734. The maximum Gasteiger partial charge on any atom is 0.0642 e. The van der Waals surface area contributed by atoms with Crippen molar-refractivity contribution in [1.82, 2.24) is 0 Å². The first-order valence-corrected chi connectivity index (χ1v) is 7.71. The second-order valence-electron chi connectivity index (χ2n) is 5.41. The SMILES string of the molecule is CC(N)Cc1cccc(Cl)c1N(C)Cc1cccc(Cl)c1. The number of benzene rings is 2. The Labute approximate surface area is 136 Å². The highest BCUT2D eigenvalue weighted by molar-refractivity contribution is 6.33. The van der Waals surface area contributed by atoms with Crippen LogP contribution in [0.3, 0.4) is 0 Å². The Morgan fingerprint density at radius 1 is 1.14 bits per heavy atom. The standard InChI is InChI=1S/C17H20Cl2N2/c1-12(20)9-14-6-4-8-16(19)17(14)21(2)11-13-5-3-7-15(18)10-13/h3-8,10,12H,9,11,20H2,1-2H3. The lowest BCUT2D eigenvalue weighted by Crippen LogP contribution is -2.22. The van der Waals surface area contributed by atoms with Crippen LogP contribution < -0.4 is 10.6 Å². The van der Waals surface area contributed by atoms with E-state index in [1.807, 2.05) is 44.3 Å². The number of hydrogen-bond acceptors (Lipinski definition) is 2. The minimum absolute atomic E-state index is 0.0989. The van der Waals surface area contributed by atoms with Gasteiger partial charge in [-0.25, -0.2) is 0 Å². The van der Waals surface area contributed by atoms with E-state index in [0.717, 1.165) is 34.3 Å². The molecular formula is C17H20Cl2N2. The molecule has 21 heavy (non-hydrogen) atoms. The third-order valence-electron chi connectivity index (χ3n) is 3.30. The van der Waals surface area contributed by atoms with Gasteiger partial charge in [0, 0.05) is 24.7 Å². The molecule has 1 atom stereocenters. The highest BCUT2D eigenvalue weighted by atomic mass is 35.5. The van der Waals surface area contributed by atoms with Crippen molar-refractivity contribution in [2.75, 3.05) is 11.9 Å². The maximum atomic E-state index is 6.40. The lowest BCUT2D eigenvalue weighted by Gasteiger charge is -2.24. The predicted molar refractivity (Wildman–Crippen MR) is 92.4 cm³/mol. The molecule has 0 radical (unpaired) electrons. The molecule has 2 aromatic carbocycles. The van der Waals surface area contributed by atoms with E-state index in [4.69, 9.17) is 28.9 Å². The summed E-state index contributed by atoms with van der Waals surface area (Å²) in [4.78, 5) is 2.14. The first-order chi connectivity index (χ1) is 9.97. The molecule has 0 saturated carbocycles. The van der Waals surface area contributed by atoms with E-state index in [1.54, 1.807) is 0 Å². The van der Waals surface area contributed by atoms with Crippen LogP contribution in [0.25, 0.3) is 0 Å². The molecule has 4 heteroatoms. The van der Waals surface area contributed by atoms with Crippen LogP contribution in [0.5, 0.6) is 0 Å². The van der Waals surface area contributed by atoms with Crippen molar-refractivity contribution in [3.63, 3.8) is 0 Å². The quantitative estimate of drug-likeness (QED) is 0.876. The summed E-state index contributed by atoms with van der Waals surface area (Å²) in [7, 11) is 2.03. The van der Waals surface area contributed by atoms with Crippen LogP contribution in [0, 0.1) is 0 Å². The molecule has 2 nitrogen and oxygen atoms in total. The van der Waals surface area contributed by atoms with E-state index >= 15 is 0 Å². The summed E-state index contributed by atoms with van der Waals surface area (Å²) in [5, 5.41) is 1.49. The number of nitrogens with two attached hydrogens (primary N) is 1. The van der Waals surface area contributed by atoms with E-state index in [2.05, 4.69) is 17.0 Å². The minimum Gasteiger partial charge on any atom is -0.369 e. The maximum absolute atomic E-state index is 6.40. The van der Waals surface area contributed by atoms with Crippen LogP contribution in [-0.4, -0.2) is 13.1 Å². The third-order valence-corrected chi connectivity index (χ3v) is 3.84. The number of nitrogens with zero attached hydrogens (tertiary/aromatic N) is 1. The van der Waals surface area contributed by atoms with Gasteiger partial charge in [-0.05, 0) is 42.7 Å². The molecule has 0 aliphatic heterocycles. The summed E-state index contributed by atoms with van der Waals surface area (Å²) in [6, 6.07) is 13.9. The average Bonchev–Trinajstić information content (AvgIpc) is 2.37. The van der Waals surface area contributed by atoms with Crippen molar-refractivity contribution >= 4 is 28.9 Å². The van der Waals surface area contributed by atoms with Crippen LogP contribution in [0.15, 0.2) is 42.5 Å². The molecule has 2 rings (SSSR count). The van der Waals surface area contributed by atoms with Crippen LogP contribution in [0.2, 0.25) is 10.0 Å². The van der Waals surface area contributed by atoms with Crippen molar-refractivity contribution in [3.8, 4) is 0 Å². The number of rotatable bonds is 5. The molecule has 2 N–H and O–H groups in total. The van der Waals surface area contributed by atoms with Gasteiger partial charge in [0.25, 0.3) is 0 Å². The zero-order chi connectivity index (χ0) is 15.4. The molecule has 0 spiro atoms. The highest BCUT2D eigenvalue weighted by Crippen LogP contribution is 2.31. The van der Waals surface area contributed by atoms with Crippen molar-refractivity contribution in [2.24, 2.45) is 5.73 Å². The van der Waals surface area contributed by atoms with Crippen molar-refractivity contribution < 1.29 is 0 Å². The fourth-order valence-electron chi connectivity index (χ4n) is 2.49. The number of para-hydroxylation sites is 1. The molecule has 2 aromatic rings. The van der Waals surface area contributed by atoms with E-state index in [1.165, 1.54) is 5.56 Å². The molecule has 0 fully saturated rings. The largest absolute Gasteiger partial charge is 0.369 e. The predicted octanol–water partition coefficient (Wildman–Crippen LogP) is 4.52. The first-order valence-electron chi connectivity index (χ1n) is 6.96. The molecule has 0 aromatic heterocycles. The van der Waals surface area contributed by atoms with Gasteiger partial charge in [0.15, 0.2) is 0 Å². The van der Waals surface area contributed by atoms with Gasteiger partial charge < -0.3 is 10.6 Å². The van der Waals surface area contributed by atoms with E-state index in [9.17, 15) is 0 Å². The zero-order valence-electron chi connectivity index (χ0n) is 12.3. The second kappa shape index (κ2) is 7.17. The number of halogens is 2. The number of hydrogen-bond donors (Lipinski definition) is 1. The van der Waals surface area contributed by atoms with Crippen LogP contribution in [0.4, 0.5) is 5.69 Å². The van der Waals surface area contributed by atoms with Gasteiger partial charge in [-0.3, -0.25) is 0 Å². The van der Waals surface area contributed by atoms with Crippen LogP contribution in [0.1, 0.15) is 18.1 Å². The third kappa shape index (κ3) is 4.37. The monoisotopic (exact) mass is 322 g/mol. The van der Waals surface area contributed by atoms with Crippen molar-refractivity contribution in [3.05, 3.63) is 63.6 Å². The Bertz CT molecular complexity index is 611. The van der Waals surface area contributed by atoms with E-state index < -0.39 is 0 Å². The fourth-order valence-corrected chi connectivity index (χ4v) is 3.04. The van der Waals surface area contributed by atoms with Crippen molar-refractivity contribution in [1.29, 1.82) is 0 Å². The van der Waals surface area contributed by atoms with Gasteiger partial charge in [0.2, 0.25) is 0 Å². The smallest absolute Gasteiger partial charge is 0.0642 e. The van der Waals surface area contributed by atoms with Gasteiger partial charge in [-0.15, -0.1) is 0 Å². The van der Waals surface area contributed by atoms with Crippen LogP contribution >= 0.6 is 23.2 Å².